The number of nitrogens with one attached hydrogen (secondary N) is 1. The van der Waals surface area contributed by atoms with E-state index >= 15 is 0 Å². The van der Waals surface area contributed by atoms with E-state index in [1.165, 1.54) is 12.4 Å². The van der Waals surface area contributed by atoms with Gasteiger partial charge < -0.3 is 16.8 Å². The fourth-order valence-corrected chi connectivity index (χ4v) is 1.63. The molecule has 1 unspecified atom stereocenters. The van der Waals surface area contributed by atoms with Crippen molar-refractivity contribution in [2.75, 3.05) is 12.3 Å². The first kappa shape index (κ1) is 16.9. The zero-order chi connectivity index (χ0) is 11.5. The van der Waals surface area contributed by atoms with E-state index in [1.807, 2.05) is 0 Å². The summed E-state index contributed by atoms with van der Waals surface area (Å²) in [6.45, 7) is 0.441. The van der Waals surface area contributed by atoms with Crippen LogP contribution in [-0.2, 0) is 0 Å². The molecule has 0 spiro atoms. The van der Waals surface area contributed by atoms with Crippen molar-refractivity contribution in [3.8, 4) is 0 Å². The highest BCUT2D eigenvalue weighted by molar-refractivity contribution is 5.96. The van der Waals surface area contributed by atoms with Gasteiger partial charge in [0.1, 0.15) is 0 Å². The molecule has 1 saturated carbocycles. The van der Waals surface area contributed by atoms with Crippen molar-refractivity contribution in [3.63, 3.8) is 0 Å². The van der Waals surface area contributed by atoms with Crippen molar-refractivity contribution < 1.29 is 4.79 Å². The standard InChI is InChI=1S/C10H15N5O.2ClH/c11-5-7(6-1-2-6)15-10(16)8-9(12)14-4-3-13-8;;/h3-4,6-7H,1-2,5,11H2,(H2,12,14)(H,15,16);2*1H. The van der Waals surface area contributed by atoms with Gasteiger partial charge >= 0.3 is 0 Å². The van der Waals surface area contributed by atoms with Crippen molar-refractivity contribution in [2.45, 2.75) is 18.9 Å². The molecule has 0 saturated heterocycles. The molecule has 0 radical (unpaired) electrons. The Morgan fingerprint density at radius 1 is 1.39 bits per heavy atom. The van der Waals surface area contributed by atoms with Gasteiger partial charge in [0, 0.05) is 25.0 Å². The molecule has 1 aliphatic rings. The Bertz CT molecular complexity index is 400. The van der Waals surface area contributed by atoms with E-state index in [0.29, 0.717) is 12.5 Å². The summed E-state index contributed by atoms with van der Waals surface area (Å²) in [6.07, 6.45) is 5.14. The van der Waals surface area contributed by atoms with Gasteiger partial charge in [-0.25, -0.2) is 9.97 Å². The number of nitrogens with zero attached hydrogens (tertiary/aromatic N) is 2. The summed E-state index contributed by atoms with van der Waals surface area (Å²) in [7, 11) is 0. The monoisotopic (exact) mass is 293 g/mol. The minimum absolute atomic E-state index is 0. The Hall–Kier alpha value is -1.11. The maximum atomic E-state index is 11.8. The van der Waals surface area contributed by atoms with Crippen LogP contribution in [0.15, 0.2) is 12.4 Å². The van der Waals surface area contributed by atoms with Crippen LogP contribution in [0, 0.1) is 5.92 Å². The third kappa shape index (κ3) is 3.97. The minimum Gasteiger partial charge on any atom is -0.382 e. The van der Waals surface area contributed by atoms with E-state index in [9.17, 15) is 4.79 Å². The number of hydrogen-bond acceptors (Lipinski definition) is 5. The summed E-state index contributed by atoms with van der Waals surface area (Å²) < 4.78 is 0. The Balaban J connectivity index is 0.00000144. The summed E-state index contributed by atoms with van der Waals surface area (Å²) in [5, 5.41) is 2.84. The predicted octanol–water partition coefficient (Wildman–Crippen LogP) is 0.370. The smallest absolute Gasteiger partial charge is 0.273 e. The Morgan fingerprint density at radius 2 is 2.00 bits per heavy atom. The molecule has 0 bridgehead atoms. The third-order valence-corrected chi connectivity index (χ3v) is 2.70. The highest BCUT2D eigenvalue weighted by atomic mass is 35.5. The zero-order valence-electron chi connectivity index (χ0n) is 9.70. The molecule has 1 aromatic heterocycles. The average Bonchev–Trinajstić information content (AvgIpc) is 3.10. The number of nitrogens with two attached hydrogens (primary N) is 2. The third-order valence-electron chi connectivity index (χ3n) is 2.70. The lowest BCUT2D eigenvalue weighted by Crippen LogP contribution is -2.42. The van der Waals surface area contributed by atoms with Crippen molar-refractivity contribution in [1.29, 1.82) is 0 Å². The first-order valence-electron chi connectivity index (χ1n) is 5.29. The van der Waals surface area contributed by atoms with E-state index in [1.54, 1.807) is 0 Å². The number of aromatic nitrogens is 2. The van der Waals surface area contributed by atoms with Crippen molar-refractivity contribution >= 4 is 36.5 Å². The number of rotatable bonds is 4. The highest BCUT2D eigenvalue weighted by Gasteiger charge is 2.31. The second-order valence-electron chi connectivity index (χ2n) is 3.94. The molecule has 18 heavy (non-hydrogen) atoms. The van der Waals surface area contributed by atoms with E-state index in [4.69, 9.17) is 11.5 Å². The molecule has 0 aromatic carbocycles. The number of nitrogen functional groups attached to an aromatic ring is 1. The fraction of sp³-hybridized carbons (Fsp3) is 0.500. The highest BCUT2D eigenvalue weighted by Crippen LogP contribution is 2.32. The van der Waals surface area contributed by atoms with E-state index in [2.05, 4.69) is 15.3 Å². The van der Waals surface area contributed by atoms with Crippen LogP contribution in [0.3, 0.4) is 0 Å². The zero-order valence-corrected chi connectivity index (χ0v) is 11.3. The number of carbonyl (C=O) groups excluding carboxylic acids is 1. The van der Waals surface area contributed by atoms with Crippen LogP contribution >= 0.6 is 24.8 Å². The van der Waals surface area contributed by atoms with Gasteiger partial charge in [-0.15, -0.1) is 24.8 Å². The summed E-state index contributed by atoms with van der Waals surface area (Å²) >= 11 is 0. The molecule has 0 aliphatic heterocycles. The molecule has 1 amide bonds. The minimum atomic E-state index is -0.298. The predicted molar refractivity (Wildman–Crippen MR) is 74.0 cm³/mol. The quantitative estimate of drug-likeness (QED) is 0.743. The van der Waals surface area contributed by atoms with Crippen molar-refractivity contribution in [1.82, 2.24) is 15.3 Å². The van der Waals surface area contributed by atoms with Crippen LogP contribution in [0.2, 0.25) is 0 Å². The molecular formula is C10H17Cl2N5O. The van der Waals surface area contributed by atoms with Gasteiger partial charge in [-0.05, 0) is 18.8 Å². The van der Waals surface area contributed by atoms with Gasteiger partial charge in [-0.2, -0.15) is 0 Å². The number of hydrogen-bond donors (Lipinski definition) is 3. The molecule has 1 fully saturated rings. The number of amides is 1. The lowest BCUT2D eigenvalue weighted by molar-refractivity contribution is 0.0929. The molecule has 6 nitrogen and oxygen atoms in total. The lowest BCUT2D eigenvalue weighted by atomic mass is 10.2. The first-order valence-corrected chi connectivity index (χ1v) is 5.29. The molecule has 1 heterocycles. The summed E-state index contributed by atoms with van der Waals surface area (Å²) in [5.74, 6) is 0.353. The number of carbonyl (C=O) groups is 1. The molecule has 1 atom stereocenters. The van der Waals surface area contributed by atoms with Gasteiger partial charge in [0.2, 0.25) is 0 Å². The number of anilines is 1. The van der Waals surface area contributed by atoms with Crippen LogP contribution in [0.1, 0.15) is 23.3 Å². The SMILES string of the molecule is Cl.Cl.NCC(NC(=O)c1nccnc1N)C1CC1. The average molecular weight is 294 g/mol. The van der Waals surface area contributed by atoms with E-state index in [-0.39, 0.29) is 48.3 Å². The van der Waals surface area contributed by atoms with Crippen LogP contribution in [0.4, 0.5) is 5.82 Å². The molecule has 102 valence electrons. The fourth-order valence-electron chi connectivity index (χ4n) is 1.63. The van der Waals surface area contributed by atoms with Crippen LogP contribution in [0.5, 0.6) is 0 Å². The maximum absolute atomic E-state index is 11.8. The largest absolute Gasteiger partial charge is 0.382 e. The Morgan fingerprint density at radius 3 is 2.50 bits per heavy atom. The van der Waals surface area contributed by atoms with Gasteiger partial charge in [-0.3, -0.25) is 4.79 Å². The molecule has 1 aromatic rings. The lowest BCUT2D eigenvalue weighted by Gasteiger charge is -2.15. The maximum Gasteiger partial charge on any atom is 0.273 e. The molecule has 8 heteroatoms. The Labute approximate surface area is 118 Å². The second kappa shape index (κ2) is 7.35. The van der Waals surface area contributed by atoms with E-state index < -0.39 is 0 Å². The van der Waals surface area contributed by atoms with Crippen LogP contribution < -0.4 is 16.8 Å². The topological polar surface area (TPSA) is 107 Å². The van der Waals surface area contributed by atoms with Gasteiger partial charge in [0.15, 0.2) is 11.5 Å². The van der Waals surface area contributed by atoms with Crippen LogP contribution in [0.25, 0.3) is 0 Å². The van der Waals surface area contributed by atoms with Crippen LogP contribution in [-0.4, -0.2) is 28.5 Å². The van der Waals surface area contributed by atoms with Gasteiger partial charge in [-0.1, -0.05) is 0 Å². The summed E-state index contributed by atoms with van der Waals surface area (Å²) in [5.41, 5.74) is 11.3. The normalized spacial score (nSPS) is 14.9. The second-order valence-corrected chi connectivity index (χ2v) is 3.94. The number of halogens is 2. The molecule has 1 aliphatic carbocycles. The Kier molecular flexibility index (Phi) is 6.90. The van der Waals surface area contributed by atoms with E-state index in [0.717, 1.165) is 12.8 Å². The van der Waals surface area contributed by atoms with Gasteiger partial charge in [0.25, 0.3) is 5.91 Å². The molecule has 5 N–H and O–H groups in total. The first-order chi connectivity index (χ1) is 7.72. The summed E-state index contributed by atoms with van der Waals surface area (Å²) in [6, 6.07) is 0.0221. The summed E-state index contributed by atoms with van der Waals surface area (Å²) in [4.78, 5) is 19.5. The molecular weight excluding hydrogens is 277 g/mol. The van der Waals surface area contributed by atoms with Crippen molar-refractivity contribution in [2.24, 2.45) is 11.7 Å². The van der Waals surface area contributed by atoms with Crippen molar-refractivity contribution in [3.05, 3.63) is 18.1 Å². The van der Waals surface area contributed by atoms with Gasteiger partial charge in [0.05, 0.1) is 0 Å². The molecule has 2 rings (SSSR count).